The number of pyridine rings is 1. The molecule has 0 fully saturated rings. The van der Waals surface area contributed by atoms with Gasteiger partial charge in [-0.3, -0.25) is 14.6 Å². The van der Waals surface area contributed by atoms with Gasteiger partial charge in [-0.2, -0.15) is 0 Å². The summed E-state index contributed by atoms with van der Waals surface area (Å²) < 4.78 is 5.00. The molecule has 2 aromatic rings. The number of rotatable bonds is 8. The summed E-state index contributed by atoms with van der Waals surface area (Å²) in [7, 11) is 3.82. The fraction of sp³-hybridized carbons (Fsp3) is 0.300. The summed E-state index contributed by atoms with van der Waals surface area (Å²) >= 11 is 0. The van der Waals surface area contributed by atoms with E-state index in [0.717, 1.165) is 0 Å². The molecule has 0 bridgehead atoms. The van der Waals surface area contributed by atoms with Crippen LogP contribution in [0.15, 0.2) is 42.7 Å². The average Bonchev–Trinajstić information content (AvgIpc) is 2.68. The number of hydrogen-bond donors (Lipinski definition) is 2. The summed E-state index contributed by atoms with van der Waals surface area (Å²) in [6.45, 7) is 3.12. The van der Waals surface area contributed by atoms with E-state index in [9.17, 15) is 14.4 Å². The van der Waals surface area contributed by atoms with Gasteiger partial charge in [0.05, 0.1) is 29.0 Å². The molecule has 1 aromatic heterocycles. The molecule has 0 saturated carbocycles. The van der Waals surface area contributed by atoms with Gasteiger partial charge < -0.3 is 20.3 Å². The number of likely N-dealkylation sites (N-methyl/N-ethyl adjacent to an activating group) is 1. The molecule has 2 amide bonds. The van der Waals surface area contributed by atoms with Crippen molar-refractivity contribution in [2.24, 2.45) is 0 Å². The Morgan fingerprint density at radius 1 is 1.07 bits per heavy atom. The van der Waals surface area contributed by atoms with Crippen molar-refractivity contribution in [2.75, 3.05) is 39.1 Å². The Bertz CT molecular complexity index is 852. The van der Waals surface area contributed by atoms with E-state index in [0.29, 0.717) is 18.8 Å². The summed E-state index contributed by atoms with van der Waals surface area (Å²) in [5.41, 5.74) is 1.07. The maximum atomic E-state index is 12.6. The predicted molar refractivity (Wildman–Crippen MR) is 105 cm³/mol. The lowest BCUT2D eigenvalue weighted by molar-refractivity contribution is 0.0527. The van der Waals surface area contributed by atoms with Crippen molar-refractivity contribution in [3.8, 4) is 0 Å². The van der Waals surface area contributed by atoms with Gasteiger partial charge in [-0.1, -0.05) is 12.1 Å². The fourth-order valence-corrected chi connectivity index (χ4v) is 2.36. The minimum atomic E-state index is -0.523. The van der Waals surface area contributed by atoms with Gasteiger partial charge in [-0.05, 0) is 39.2 Å². The summed E-state index contributed by atoms with van der Waals surface area (Å²) in [6.07, 6.45) is 2.76. The maximum absolute atomic E-state index is 12.6. The molecular weight excluding hydrogens is 360 g/mol. The van der Waals surface area contributed by atoms with E-state index in [1.54, 1.807) is 31.2 Å². The van der Waals surface area contributed by atoms with Gasteiger partial charge in [0.2, 0.25) is 0 Å². The number of aromatic nitrogens is 1. The zero-order valence-corrected chi connectivity index (χ0v) is 16.2. The largest absolute Gasteiger partial charge is 0.462 e. The molecule has 0 saturated heterocycles. The Kier molecular flexibility index (Phi) is 7.65. The Hall–Kier alpha value is -3.26. The third kappa shape index (κ3) is 5.88. The summed E-state index contributed by atoms with van der Waals surface area (Å²) in [6, 6.07) is 8.02. The molecule has 0 aliphatic rings. The van der Waals surface area contributed by atoms with Crippen LogP contribution in [-0.4, -0.2) is 61.5 Å². The molecule has 0 atom stereocenters. The molecule has 2 N–H and O–H groups in total. The van der Waals surface area contributed by atoms with Crippen LogP contribution < -0.4 is 10.6 Å². The Labute approximate surface area is 163 Å². The fourth-order valence-electron chi connectivity index (χ4n) is 2.36. The highest BCUT2D eigenvalue weighted by molar-refractivity contribution is 6.08. The topological polar surface area (TPSA) is 101 Å². The number of carbonyl (C=O) groups excluding carboxylic acids is 3. The second-order valence-electron chi connectivity index (χ2n) is 6.24. The predicted octanol–water partition coefficient (Wildman–Crippen LogP) is 1.80. The number of nitrogens with zero attached hydrogens (tertiary/aromatic N) is 2. The smallest absolute Gasteiger partial charge is 0.340 e. The first-order valence-electron chi connectivity index (χ1n) is 8.87. The van der Waals surface area contributed by atoms with Crippen LogP contribution in [0, 0.1) is 0 Å². The Balaban J connectivity index is 2.12. The van der Waals surface area contributed by atoms with Crippen LogP contribution in [0.2, 0.25) is 0 Å². The first-order valence-corrected chi connectivity index (χ1v) is 8.87. The number of para-hydroxylation sites is 1. The van der Waals surface area contributed by atoms with E-state index >= 15 is 0 Å². The molecule has 8 heteroatoms. The molecule has 0 radical (unpaired) electrons. The number of anilines is 1. The summed E-state index contributed by atoms with van der Waals surface area (Å²) in [5.74, 6) is -1.31. The zero-order valence-electron chi connectivity index (χ0n) is 16.2. The van der Waals surface area contributed by atoms with E-state index in [-0.39, 0.29) is 29.2 Å². The number of amides is 2. The summed E-state index contributed by atoms with van der Waals surface area (Å²) in [4.78, 5) is 42.8. The number of benzene rings is 1. The molecule has 0 aliphatic heterocycles. The van der Waals surface area contributed by atoms with Crippen LogP contribution >= 0.6 is 0 Å². The van der Waals surface area contributed by atoms with Crippen LogP contribution in [0.3, 0.4) is 0 Å². The van der Waals surface area contributed by atoms with Gasteiger partial charge in [0, 0.05) is 25.5 Å². The van der Waals surface area contributed by atoms with Crippen molar-refractivity contribution in [2.45, 2.75) is 6.92 Å². The van der Waals surface area contributed by atoms with Crippen LogP contribution in [0.5, 0.6) is 0 Å². The third-order valence-corrected chi connectivity index (χ3v) is 3.78. The molecule has 1 aromatic carbocycles. The van der Waals surface area contributed by atoms with E-state index < -0.39 is 11.9 Å². The molecule has 28 heavy (non-hydrogen) atoms. The van der Waals surface area contributed by atoms with Crippen molar-refractivity contribution >= 4 is 23.5 Å². The van der Waals surface area contributed by atoms with E-state index in [4.69, 9.17) is 4.74 Å². The van der Waals surface area contributed by atoms with Gasteiger partial charge >= 0.3 is 5.97 Å². The molecule has 1 heterocycles. The monoisotopic (exact) mass is 384 g/mol. The van der Waals surface area contributed by atoms with Crippen LogP contribution in [0.1, 0.15) is 38.0 Å². The molecule has 0 aliphatic carbocycles. The number of esters is 1. The van der Waals surface area contributed by atoms with Crippen LogP contribution in [0.25, 0.3) is 0 Å². The normalized spacial score (nSPS) is 10.4. The van der Waals surface area contributed by atoms with Gasteiger partial charge in [-0.15, -0.1) is 0 Å². The first kappa shape index (κ1) is 21.0. The zero-order chi connectivity index (χ0) is 20.5. The number of carbonyl (C=O) groups is 3. The van der Waals surface area contributed by atoms with E-state index in [1.165, 1.54) is 18.5 Å². The van der Waals surface area contributed by atoms with Gasteiger partial charge in [-0.25, -0.2) is 4.79 Å². The lowest BCUT2D eigenvalue weighted by Gasteiger charge is -2.12. The highest BCUT2D eigenvalue weighted by Gasteiger charge is 2.16. The molecule has 148 valence electrons. The second-order valence-corrected chi connectivity index (χ2v) is 6.24. The minimum Gasteiger partial charge on any atom is -0.462 e. The molecule has 8 nitrogen and oxygen atoms in total. The lowest BCUT2D eigenvalue weighted by Crippen LogP contribution is -2.31. The SMILES string of the molecule is CCOC(=O)c1ccccc1NC(=O)c1cncc(C(=O)NCCN(C)C)c1. The van der Waals surface area contributed by atoms with E-state index in [1.807, 2.05) is 19.0 Å². The van der Waals surface area contributed by atoms with Crippen molar-refractivity contribution < 1.29 is 19.1 Å². The highest BCUT2D eigenvalue weighted by atomic mass is 16.5. The Morgan fingerprint density at radius 2 is 1.75 bits per heavy atom. The summed E-state index contributed by atoms with van der Waals surface area (Å²) in [5, 5.41) is 5.44. The van der Waals surface area contributed by atoms with Crippen LogP contribution in [0.4, 0.5) is 5.69 Å². The van der Waals surface area contributed by atoms with Gasteiger partial charge in [0.15, 0.2) is 0 Å². The van der Waals surface area contributed by atoms with Crippen molar-refractivity contribution in [1.82, 2.24) is 15.2 Å². The molecular formula is C20H24N4O4. The lowest BCUT2D eigenvalue weighted by atomic mass is 10.1. The molecule has 0 spiro atoms. The third-order valence-electron chi connectivity index (χ3n) is 3.78. The second kappa shape index (κ2) is 10.2. The number of ether oxygens (including phenoxy) is 1. The van der Waals surface area contributed by atoms with Crippen molar-refractivity contribution in [1.29, 1.82) is 0 Å². The minimum absolute atomic E-state index is 0.207. The molecule has 0 unspecified atom stereocenters. The number of nitrogens with one attached hydrogen (secondary N) is 2. The van der Waals surface area contributed by atoms with Gasteiger partial charge in [0.1, 0.15) is 0 Å². The number of hydrogen-bond acceptors (Lipinski definition) is 6. The Morgan fingerprint density at radius 3 is 2.43 bits per heavy atom. The van der Waals surface area contributed by atoms with Crippen molar-refractivity contribution in [3.05, 3.63) is 59.4 Å². The standard InChI is InChI=1S/C20H24N4O4/c1-4-28-20(27)16-7-5-6-8-17(16)23-19(26)15-11-14(12-21-13-15)18(25)22-9-10-24(2)3/h5-8,11-13H,4,9-10H2,1-3H3,(H,22,25)(H,23,26). The maximum Gasteiger partial charge on any atom is 0.340 e. The van der Waals surface area contributed by atoms with Gasteiger partial charge in [0.25, 0.3) is 11.8 Å². The average molecular weight is 384 g/mol. The highest BCUT2D eigenvalue weighted by Crippen LogP contribution is 2.17. The quantitative estimate of drug-likeness (QED) is 0.673. The first-order chi connectivity index (χ1) is 13.4. The van der Waals surface area contributed by atoms with E-state index in [2.05, 4.69) is 15.6 Å². The van der Waals surface area contributed by atoms with Crippen LogP contribution in [-0.2, 0) is 4.74 Å². The molecule has 2 rings (SSSR count). The van der Waals surface area contributed by atoms with Crippen molar-refractivity contribution in [3.63, 3.8) is 0 Å².